The molecule has 2 heterocycles. The van der Waals surface area contributed by atoms with E-state index >= 15 is 0 Å². The van der Waals surface area contributed by atoms with Crippen molar-refractivity contribution in [3.05, 3.63) is 59.4 Å². The Morgan fingerprint density at radius 1 is 1.18 bits per heavy atom. The molecule has 0 bridgehead atoms. The minimum Gasteiger partial charge on any atom is -0.293 e. The topological polar surface area (TPSA) is 77.6 Å². The second kappa shape index (κ2) is 7.79. The predicted octanol–water partition coefficient (Wildman–Crippen LogP) is 3.02. The number of nitrogens with one attached hydrogen (secondary N) is 1. The number of aryl methyl sites for hydroxylation is 2. The van der Waals surface area contributed by atoms with E-state index in [1.54, 1.807) is 12.1 Å². The van der Waals surface area contributed by atoms with Crippen LogP contribution in [0.2, 0.25) is 0 Å². The van der Waals surface area contributed by atoms with Gasteiger partial charge in [-0.3, -0.25) is 14.8 Å². The first kappa shape index (κ1) is 19.5. The zero-order valence-electron chi connectivity index (χ0n) is 14.7. The van der Waals surface area contributed by atoms with E-state index in [0.29, 0.717) is 12.2 Å². The number of benzene rings is 1. The molecular formula is C17H16F4N6O. The largest absolute Gasteiger partial charge is 0.435 e. The quantitative estimate of drug-likeness (QED) is 0.650. The first-order valence-electron chi connectivity index (χ1n) is 8.26. The molecule has 11 heteroatoms. The Balaban J connectivity index is 1.53. The second-order valence-corrected chi connectivity index (χ2v) is 6.08. The van der Waals surface area contributed by atoms with E-state index in [9.17, 15) is 22.4 Å². The van der Waals surface area contributed by atoms with Crippen LogP contribution in [0.3, 0.4) is 0 Å². The summed E-state index contributed by atoms with van der Waals surface area (Å²) in [4.78, 5) is 16.0. The number of alkyl halides is 3. The van der Waals surface area contributed by atoms with E-state index < -0.39 is 17.8 Å². The third kappa shape index (κ3) is 4.93. The summed E-state index contributed by atoms with van der Waals surface area (Å²) >= 11 is 0. The number of aromatic nitrogens is 5. The summed E-state index contributed by atoms with van der Waals surface area (Å²) in [7, 11) is 0. The van der Waals surface area contributed by atoms with Crippen LogP contribution in [0.1, 0.15) is 23.4 Å². The number of carbonyl (C=O) groups excluding carboxylic acids is 1. The molecule has 3 aromatic rings. The fourth-order valence-corrected chi connectivity index (χ4v) is 2.47. The van der Waals surface area contributed by atoms with Gasteiger partial charge in [-0.25, -0.2) is 14.1 Å². The summed E-state index contributed by atoms with van der Waals surface area (Å²) in [6, 6.07) is 6.80. The van der Waals surface area contributed by atoms with E-state index in [1.807, 2.05) is 0 Å². The van der Waals surface area contributed by atoms with E-state index in [2.05, 4.69) is 20.5 Å². The number of nitrogens with zero attached hydrogens (tertiary/aromatic N) is 5. The van der Waals surface area contributed by atoms with Crippen molar-refractivity contribution in [3.63, 3.8) is 0 Å². The maximum atomic E-state index is 12.9. The van der Waals surface area contributed by atoms with Crippen molar-refractivity contribution in [2.45, 2.75) is 32.6 Å². The van der Waals surface area contributed by atoms with Crippen molar-refractivity contribution in [3.8, 4) is 0 Å². The Kier molecular flexibility index (Phi) is 5.43. The molecule has 1 aromatic carbocycles. The smallest absolute Gasteiger partial charge is 0.293 e. The van der Waals surface area contributed by atoms with Gasteiger partial charge in [-0.2, -0.15) is 18.3 Å². The normalized spacial score (nSPS) is 11.6. The number of rotatable bonds is 6. The molecule has 0 fully saturated rings. The van der Waals surface area contributed by atoms with Crippen LogP contribution in [0, 0.1) is 12.7 Å². The van der Waals surface area contributed by atoms with Gasteiger partial charge in [0.1, 0.15) is 12.1 Å². The van der Waals surface area contributed by atoms with E-state index in [1.165, 1.54) is 30.1 Å². The highest BCUT2D eigenvalue weighted by molar-refractivity contribution is 5.88. The molecule has 3 rings (SSSR count). The van der Waals surface area contributed by atoms with Gasteiger partial charge in [-0.15, -0.1) is 5.10 Å². The van der Waals surface area contributed by atoms with Crippen LogP contribution >= 0.6 is 0 Å². The molecule has 7 nitrogen and oxygen atoms in total. The van der Waals surface area contributed by atoms with Gasteiger partial charge in [0.2, 0.25) is 11.9 Å². The minimum absolute atomic E-state index is 0.00989. The monoisotopic (exact) mass is 396 g/mol. The Labute approximate surface area is 157 Å². The molecule has 0 unspecified atom stereocenters. The van der Waals surface area contributed by atoms with Crippen molar-refractivity contribution < 1.29 is 22.4 Å². The minimum atomic E-state index is -4.53. The zero-order valence-corrected chi connectivity index (χ0v) is 14.7. The van der Waals surface area contributed by atoms with E-state index in [-0.39, 0.29) is 24.7 Å². The second-order valence-electron chi connectivity index (χ2n) is 6.08. The molecule has 1 amide bonds. The first-order chi connectivity index (χ1) is 13.2. The van der Waals surface area contributed by atoms with Crippen LogP contribution in [-0.2, 0) is 24.1 Å². The number of anilines is 1. The van der Waals surface area contributed by atoms with E-state index in [4.69, 9.17) is 0 Å². The van der Waals surface area contributed by atoms with Gasteiger partial charge < -0.3 is 0 Å². The molecule has 0 saturated carbocycles. The Bertz CT molecular complexity index is 961. The molecule has 0 atom stereocenters. The van der Waals surface area contributed by atoms with Crippen LogP contribution in [0.5, 0.6) is 0 Å². The van der Waals surface area contributed by atoms with Gasteiger partial charge in [0.15, 0.2) is 5.69 Å². The summed E-state index contributed by atoms with van der Waals surface area (Å²) in [6.07, 6.45) is -3.21. The Morgan fingerprint density at radius 2 is 1.89 bits per heavy atom. The van der Waals surface area contributed by atoms with Crippen LogP contribution in [0.15, 0.2) is 36.7 Å². The van der Waals surface area contributed by atoms with Gasteiger partial charge in [0.05, 0.1) is 6.54 Å². The Hall–Kier alpha value is -3.24. The Morgan fingerprint density at radius 3 is 2.54 bits per heavy atom. The van der Waals surface area contributed by atoms with E-state index in [0.717, 1.165) is 16.3 Å². The van der Waals surface area contributed by atoms with Crippen LogP contribution in [0.25, 0.3) is 0 Å². The summed E-state index contributed by atoms with van der Waals surface area (Å²) in [5, 5.41) is 10.0. The van der Waals surface area contributed by atoms with Crippen LogP contribution in [0.4, 0.5) is 23.5 Å². The number of hydrogen-bond donors (Lipinski definition) is 1. The lowest BCUT2D eigenvalue weighted by Gasteiger charge is -2.05. The summed E-state index contributed by atoms with van der Waals surface area (Å²) < 4.78 is 53.5. The highest BCUT2D eigenvalue weighted by Gasteiger charge is 2.34. The van der Waals surface area contributed by atoms with Crippen LogP contribution in [-0.4, -0.2) is 30.5 Å². The summed E-state index contributed by atoms with van der Waals surface area (Å²) in [5.74, 6) is -0.728. The molecule has 0 radical (unpaired) electrons. The van der Waals surface area contributed by atoms with Crippen molar-refractivity contribution in [2.24, 2.45) is 0 Å². The maximum Gasteiger partial charge on any atom is 0.435 e. The lowest BCUT2D eigenvalue weighted by atomic mass is 10.2. The highest BCUT2D eigenvalue weighted by atomic mass is 19.4. The van der Waals surface area contributed by atoms with Crippen molar-refractivity contribution in [1.29, 1.82) is 0 Å². The molecule has 0 saturated heterocycles. The molecule has 28 heavy (non-hydrogen) atoms. The van der Waals surface area contributed by atoms with Crippen molar-refractivity contribution in [1.82, 2.24) is 24.5 Å². The lowest BCUT2D eigenvalue weighted by Crippen LogP contribution is -2.17. The molecule has 0 aliphatic rings. The van der Waals surface area contributed by atoms with Gasteiger partial charge >= 0.3 is 6.18 Å². The SMILES string of the molecule is Cc1cc(C(F)(F)F)nn1CCC(=O)Nc1ncn(Cc2ccc(F)cc2)n1. The summed E-state index contributed by atoms with van der Waals surface area (Å²) in [5.41, 5.74) is 0.118. The first-order valence-corrected chi connectivity index (χ1v) is 8.26. The van der Waals surface area contributed by atoms with Crippen molar-refractivity contribution >= 4 is 11.9 Å². The molecular weight excluding hydrogens is 380 g/mol. The molecule has 0 aliphatic carbocycles. The fourth-order valence-electron chi connectivity index (χ4n) is 2.47. The number of halogens is 4. The molecule has 0 spiro atoms. The van der Waals surface area contributed by atoms with Gasteiger partial charge in [-0.1, -0.05) is 12.1 Å². The standard InChI is InChI=1S/C17H16F4N6O/c1-11-8-14(17(19,20)21)24-27(11)7-6-15(28)23-16-22-10-26(25-16)9-12-2-4-13(18)5-3-12/h2-5,8,10H,6-7,9H2,1H3,(H,23,25,28). The fraction of sp³-hybridized carbons (Fsp3) is 0.294. The third-order valence-corrected chi connectivity index (χ3v) is 3.87. The van der Waals surface area contributed by atoms with Gasteiger partial charge in [0.25, 0.3) is 0 Å². The lowest BCUT2D eigenvalue weighted by molar-refractivity contribution is -0.141. The maximum absolute atomic E-state index is 12.9. The molecule has 0 aliphatic heterocycles. The number of amides is 1. The van der Waals surface area contributed by atoms with Crippen LogP contribution < -0.4 is 5.32 Å². The summed E-state index contributed by atoms with van der Waals surface area (Å²) in [6.45, 7) is 1.82. The molecule has 148 valence electrons. The molecule has 1 N–H and O–H groups in total. The average Bonchev–Trinajstić information content (AvgIpc) is 3.21. The highest BCUT2D eigenvalue weighted by Crippen LogP contribution is 2.28. The predicted molar refractivity (Wildman–Crippen MR) is 90.7 cm³/mol. The van der Waals surface area contributed by atoms with Gasteiger partial charge in [0, 0.05) is 18.7 Å². The number of carbonyl (C=O) groups is 1. The van der Waals surface area contributed by atoms with Crippen molar-refractivity contribution in [2.75, 3.05) is 5.32 Å². The van der Waals surface area contributed by atoms with Gasteiger partial charge in [-0.05, 0) is 30.7 Å². The third-order valence-electron chi connectivity index (χ3n) is 3.87. The average molecular weight is 396 g/mol. The number of hydrogen-bond acceptors (Lipinski definition) is 4. The molecule has 2 aromatic heterocycles. The zero-order chi connectivity index (χ0) is 20.3.